The van der Waals surface area contributed by atoms with Gasteiger partial charge in [-0.25, -0.2) is 10.1 Å². The highest BCUT2D eigenvalue weighted by molar-refractivity contribution is 6.00. The molecule has 1 heterocycles. The van der Waals surface area contributed by atoms with Crippen LogP contribution in [-0.2, 0) is 10.3 Å². The number of rotatable bonds is 6. The molecule has 0 saturated carbocycles. The van der Waals surface area contributed by atoms with Crippen LogP contribution in [0.5, 0.6) is 0 Å². The summed E-state index contributed by atoms with van der Waals surface area (Å²) in [5.74, 6) is 0.603. The first-order valence-electron chi connectivity index (χ1n) is 15.6. The van der Waals surface area contributed by atoms with Crippen molar-refractivity contribution in [3.63, 3.8) is 0 Å². The van der Waals surface area contributed by atoms with Gasteiger partial charge in [-0.2, -0.15) is 0 Å². The van der Waals surface area contributed by atoms with E-state index >= 15 is 0 Å². The monoisotopic (exact) mass is 605 g/mol. The zero-order valence-corrected chi connectivity index (χ0v) is 26.0. The van der Waals surface area contributed by atoms with Gasteiger partial charge >= 0.3 is 0 Å². The highest BCUT2D eigenvalue weighted by Gasteiger charge is 2.34. The maximum absolute atomic E-state index is 9.65. The SMILES string of the molecule is [C-]#[N+]/C(C#N)=C1C=C(/C=C/c2ccc(N(c3ccc4ccccc4c3)c3cccc4ccccc34)cc2)OC(C)(c2ccccc2)C/1. The zero-order chi connectivity index (χ0) is 32.2. The lowest BCUT2D eigenvalue weighted by molar-refractivity contribution is 0.0143. The fourth-order valence-corrected chi connectivity index (χ4v) is 6.33. The summed E-state index contributed by atoms with van der Waals surface area (Å²) < 4.78 is 6.52. The largest absolute Gasteiger partial charge is 0.483 e. The first-order valence-corrected chi connectivity index (χ1v) is 15.6. The number of ether oxygens (including phenoxy) is 1. The topological polar surface area (TPSA) is 40.6 Å². The van der Waals surface area contributed by atoms with Crippen molar-refractivity contribution in [2.24, 2.45) is 0 Å². The summed E-state index contributed by atoms with van der Waals surface area (Å²) in [4.78, 5) is 5.80. The number of nitriles is 1. The number of hydrogen-bond donors (Lipinski definition) is 0. The Morgan fingerprint density at radius 2 is 1.45 bits per heavy atom. The van der Waals surface area contributed by atoms with E-state index < -0.39 is 5.60 Å². The van der Waals surface area contributed by atoms with Crippen molar-refractivity contribution in [3.05, 3.63) is 191 Å². The van der Waals surface area contributed by atoms with E-state index in [-0.39, 0.29) is 5.70 Å². The molecular formula is C43H31N3O. The van der Waals surface area contributed by atoms with Gasteiger partial charge in [0.1, 0.15) is 11.4 Å². The molecule has 0 radical (unpaired) electrons. The molecule has 0 aliphatic carbocycles. The summed E-state index contributed by atoms with van der Waals surface area (Å²) in [6, 6.07) is 50.4. The first kappa shape index (κ1) is 29.4. The van der Waals surface area contributed by atoms with Crippen LogP contribution >= 0.6 is 0 Å². The third-order valence-electron chi connectivity index (χ3n) is 8.68. The molecule has 7 rings (SSSR count). The Bertz CT molecular complexity index is 2260. The van der Waals surface area contributed by atoms with Gasteiger partial charge < -0.3 is 9.64 Å². The summed E-state index contributed by atoms with van der Waals surface area (Å²) >= 11 is 0. The number of anilines is 3. The number of allylic oxidation sites excluding steroid dienone is 3. The van der Waals surface area contributed by atoms with Crippen molar-refractivity contribution in [1.29, 1.82) is 5.26 Å². The molecule has 6 aromatic rings. The lowest BCUT2D eigenvalue weighted by Crippen LogP contribution is -2.29. The van der Waals surface area contributed by atoms with E-state index in [9.17, 15) is 5.26 Å². The molecule has 0 amide bonds. The minimum absolute atomic E-state index is 0.0907. The lowest BCUT2D eigenvalue weighted by atomic mass is 9.85. The minimum atomic E-state index is -0.708. The molecule has 0 fully saturated rings. The average Bonchev–Trinajstić information content (AvgIpc) is 3.12. The Labute approximate surface area is 275 Å². The van der Waals surface area contributed by atoms with Crippen LogP contribution in [0.2, 0.25) is 0 Å². The first-order chi connectivity index (χ1) is 23.0. The fraction of sp³-hybridized carbons (Fsp3) is 0.0698. The minimum Gasteiger partial charge on any atom is -0.483 e. The van der Waals surface area contributed by atoms with Crippen molar-refractivity contribution < 1.29 is 4.74 Å². The van der Waals surface area contributed by atoms with Crippen LogP contribution in [0.15, 0.2) is 169 Å². The third kappa shape index (κ3) is 5.89. The normalized spacial score (nSPS) is 17.0. The Morgan fingerprint density at radius 3 is 2.21 bits per heavy atom. The van der Waals surface area contributed by atoms with Crippen LogP contribution in [0.4, 0.5) is 17.1 Å². The Balaban J connectivity index is 1.25. The predicted octanol–water partition coefficient (Wildman–Crippen LogP) is 11.4. The molecule has 0 saturated heterocycles. The van der Waals surface area contributed by atoms with Crippen LogP contribution in [0, 0.1) is 17.9 Å². The van der Waals surface area contributed by atoms with Gasteiger partial charge in [-0.1, -0.05) is 115 Å². The molecule has 4 nitrogen and oxygen atoms in total. The number of fused-ring (bicyclic) bond motifs is 2. The van der Waals surface area contributed by atoms with Gasteiger partial charge in [-0.3, -0.25) is 0 Å². The number of benzene rings is 6. The van der Waals surface area contributed by atoms with E-state index in [2.05, 4.69) is 125 Å². The highest BCUT2D eigenvalue weighted by Crippen LogP contribution is 2.42. The van der Waals surface area contributed by atoms with Crippen molar-refractivity contribution in [2.75, 3.05) is 4.90 Å². The summed E-state index contributed by atoms with van der Waals surface area (Å²) in [5.41, 5.74) is 5.28. The van der Waals surface area contributed by atoms with Gasteiger partial charge in [0.05, 0.1) is 18.3 Å². The smallest absolute Gasteiger partial charge is 0.265 e. The molecule has 1 atom stereocenters. The van der Waals surface area contributed by atoms with E-state index in [1.165, 1.54) is 21.5 Å². The molecule has 0 bridgehead atoms. The van der Waals surface area contributed by atoms with Gasteiger partial charge in [0.15, 0.2) is 0 Å². The summed E-state index contributed by atoms with van der Waals surface area (Å²) in [7, 11) is 0. The van der Waals surface area contributed by atoms with E-state index in [0.717, 1.165) is 28.2 Å². The second-order valence-electron chi connectivity index (χ2n) is 11.8. The number of hydrogen-bond acceptors (Lipinski definition) is 3. The highest BCUT2D eigenvalue weighted by atomic mass is 16.5. The van der Waals surface area contributed by atoms with Crippen LogP contribution in [0.25, 0.3) is 32.5 Å². The summed E-state index contributed by atoms with van der Waals surface area (Å²) in [5, 5.41) is 14.4. The zero-order valence-electron chi connectivity index (χ0n) is 26.0. The summed E-state index contributed by atoms with van der Waals surface area (Å²) in [6.07, 6.45) is 6.17. The van der Waals surface area contributed by atoms with E-state index in [0.29, 0.717) is 17.8 Å². The number of nitrogens with zero attached hydrogens (tertiary/aromatic N) is 3. The molecule has 0 spiro atoms. The molecular weight excluding hydrogens is 574 g/mol. The van der Waals surface area contributed by atoms with Gasteiger partial charge in [-0.15, -0.1) is 0 Å². The molecule has 0 aromatic heterocycles. The standard InChI is InChI=1S/C43H31N3O/c1-43(36-15-4-3-5-16-36)29-35(41(30-44)45-2)28-39(47-43)26-21-31-19-23-37(24-20-31)46(38-25-22-32-11-6-7-13-34(32)27-38)42-18-10-14-33-12-8-9-17-40(33)42/h3-28H,29H2,1H3/b26-21+,41-35-. The summed E-state index contributed by atoms with van der Waals surface area (Å²) in [6.45, 7) is 9.55. The fourth-order valence-electron chi connectivity index (χ4n) is 6.33. The quantitative estimate of drug-likeness (QED) is 0.140. The second kappa shape index (κ2) is 12.6. The van der Waals surface area contributed by atoms with Crippen LogP contribution in [0.3, 0.4) is 0 Å². The second-order valence-corrected chi connectivity index (χ2v) is 11.8. The van der Waals surface area contributed by atoms with Crippen molar-refractivity contribution in [1.82, 2.24) is 0 Å². The molecule has 6 aromatic carbocycles. The molecule has 1 aliphatic heterocycles. The Morgan fingerprint density at radius 1 is 0.766 bits per heavy atom. The molecule has 0 N–H and O–H groups in total. The van der Waals surface area contributed by atoms with Crippen molar-refractivity contribution >= 4 is 44.7 Å². The molecule has 1 unspecified atom stereocenters. The Kier molecular flexibility index (Phi) is 7.85. The Hall–Kier alpha value is -6.36. The van der Waals surface area contributed by atoms with Crippen molar-refractivity contribution in [3.8, 4) is 6.07 Å². The van der Waals surface area contributed by atoms with Crippen LogP contribution in [0.1, 0.15) is 24.5 Å². The molecule has 1 aliphatic rings. The van der Waals surface area contributed by atoms with E-state index in [1.54, 1.807) is 0 Å². The molecule has 224 valence electrons. The van der Waals surface area contributed by atoms with Crippen LogP contribution in [-0.4, -0.2) is 0 Å². The van der Waals surface area contributed by atoms with Gasteiger partial charge in [-0.05, 0) is 82.3 Å². The molecule has 4 heteroatoms. The van der Waals surface area contributed by atoms with Crippen molar-refractivity contribution in [2.45, 2.75) is 18.9 Å². The van der Waals surface area contributed by atoms with Gasteiger partial charge in [0.2, 0.25) is 0 Å². The third-order valence-corrected chi connectivity index (χ3v) is 8.68. The van der Waals surface area contributed by atoms with Gasteiger partial charge in [0.25, 0.3) is 5.70 Å². The lowest BCUT2D eigenvalue weighted by Gasteiger charge is -2.36. The molecule has 47 heavy (non-hydrogen) atoms. The maximum atomic E-state index is 9.65. The average molecular weight is 606 g/mol. The maximum Gasteiger partial charge on any atom is 0.265 e. The van der Waals surface area contributed by atoms with E-state index in [1.807, 2.05) is 55.5 Å². The van der Waals surface area contributed by atoms with Gasteiger partial charge in [0, 0.05) is 23.2 Å². The predicted molar refractivity (Wildman–Crippen MR) is 192 cm³/mol. The van der Waals surface area contributed by atoms with Crippen LogP contribution < -0.4 is 4.90 Å². The van der Waals surface area contributed by atoms with E-state index in [4.69, 9.17) is 11.3 Å².